The van der Waals surface area contributed by atoms with Gasteiger partial charge in [-0.25, -0.2) is 4.98 Å². The van der Waals surface area contributed by atoms with Crippen LogP contribution in [0.15, 0.2) is 17.2 Å². The predicted molar refractivity (Wildman–Crippen MR) is 64.9 cm³/mol. The lowest BCUT2D eigenvalue weighted by Gasteiger charge is -2.49. The van der Waals surface area contributed by atoms with Crippen molar-refractivity contribution >= 4 is 17.4 Å². The monoisotopic (exact) mass is 241 g/mol. The third-order valence-electron chi connectivity index (χ3n) is 3.48. The molecule has 1 heterocycles. The Morgan fingerprint density at radius 3 is 2.88 bits per heavy atom. The van der Waals surface area contributed by atoms with Gasteiger partial charge in [0, 0.05) is 36.3 Å². The van der Waals surface area contributed by atoms with E-state index in [0.29, 0.717) is 5.82 Å². The lowest BCUT2D eigenvalue weighted by Crippen LogP contribution is -2.55. The molecule has 88 valence electrons. The number of nitrogens with zero attached hydrogens (tertiary/aromatic N) is 2. The minimum atomic E-state index is -0.101. The predicted octanol–water partition coefficient (Wildman–Crippen LogP) is 1.60. The van der Waals surface area contributed by atoms with Crippen LogP contribution in [0.3, 0.4) is 0 Å². The van der Waals surface area contributed by atoms with Crippen LogP contribution >= 0.6 is 11.6 Å². The van der Waals surface area contributed by atoms with Crippen molar-refractivity contribution in [1.82, 2.24) is 9.55 Å². The quantitative estimate of drug-likeness (QED) is 0.800. The van der Waals surface area contributed by atoms with Gasteiger partial charge in [-0.05, 0) is 6.42 Å². The van der Waals surface area contributed by atoms with Crippen molar-refractivity contribution < 1.29 is 0 Å². The van der Waals surface area contributed by atoms with E-state index in [4.69, 9.17) is 11.6 Å². The van der Waals surface area contributed by atoms with Gasteiger partial charge in [0.1, 0.15) is 0 Å². The maximum atomic E-state index is 11.7. The number of hydrogen-bond acceptors (Lipinski definition) is 3. The molecule has 1 aliphatic rings. The second-order valence-corrected chi connectivity index (χ2v) is 5.44. The van der Waals surface area contributed by atoms with Crippen molar-refractivity contribution in [2.45, 2.75) is 31.7 Å². The Morgan fingerprint density at radius 1 is 1.62 bits per heavy atom. The molecule has 5 heteroatoms. The zero-order valence-corrected chi connectivity index (χ0v) is 10.5. The summed E-state index contributed by atoms with van der Waals surface area (Å²) in [5.41, 5.74) is -0.0966. The molecule has 1 aromatic rings. The zero-order chi connectivity index (χ0) is 11.9. The Balaban J connectivity index is 2.17. The molecule has 1 fully saturated rings. The van der Waals surface area contributed by atoms with E-state index >= 15 is 0 Å². The van der Waals surface area contributed by atoms with Gasteiger partial charge < -0.3 is 9.88 Å². The Kier molecular flexibility index (Phi) is 2.70. The first-order valence-corrected chi connectivity index (χ1v) is 5.79. The van der Waals surface area contributed by atoms with Crippen molar-refractivity contribution in [3.63, 3.8) is 0 Å². The summed E-state index contributed by atoms with van der Waals surface area (Å²) in [6, 6.07) is 0.220. The van der Waals surface area contributed by atoms with E-state index in [1.807, 2.05) is 0 Å². The third-order valence-corrected chi connectivity index (χ3v) is 4.22. The number of hydrogen-bond donors (Lipinski definition) is 1. The number of rotatable bonds is 2. The van der Waals surface area contributed by atoms with Crippen LogP contribution in [0.25, 0.3) is 0 Å². The van der Waals surface area contributed by atoms with Crippen LogP contribution in [0.5, 0.6) is 0 Å². The van der Waals surface area contributed by atoms with Crippen molar-refractivity contribution in [1.29, 1.82) is 0 Å². The van der Waals surface area contributed by atoms with Gasteiger partial charge in [0.25, 0.3) is 5.56 Å². The zero-order valence-electron chi connectivity index (χ0n) is 9.70. The van der Waals surface area contributed by atoms with Crippen LogP contribution in [0.4, 0.5) is 5.82 Å². The van der Waals surface area contributed by atoms with E-state index in [1.54, 1.807) is 19.4 Å². The van der Waals surface area contributed by atoms with Gasteiger partial charge >= 0.3 is 0 Å². The topological polar surface area (TPSA) is 46.9 Å². The summed E-state index contributed by atoms with van der Waals surface area (Å²) in [7, 11) is 1.71. The fraction of sp³-hybridized carbons (Fsp3) is 0.636. The van der Waals surface area contributed by atoms with E-state index < -0.39 is 0 Å². The molecule has 16 heavy (non-hydrogen) atoms. The molecular formula is C11H16ClN3O. The number of anilines is 1. The molecule has 2 rings (SSSR count). The summed E-state index contributed by atoms with van der Waals surface area (Å²) in [6.45, 7) is 4.19. The van der Waals surface area contributed by atoms with E-state index in [2.05, 4.69) is 24.1 Å². The summed E-state index contributed by atoms with van der Waals surface area (Å²) in [5.74, 6) is 0.409. The molecule has 1 aliphatic carbocycles. The van der Waals surface area contributed by atoms with Gasteiger partial charge in [-0.3, -0.25) is 4.79 Å². The second-order valence-electron chi connectivity index (χ2n) is 4.91. The average Bonchev–Trinajstić information content (AvgIpc) is 2.24. The number of halogens is 1. The van der Waals surface area contributed by atoms with Gasteiger partial charge in [0.15, 0.2) is 5.82 Å². The first-order chi connectivity index (χ1) is 7.43. The number of alkyl halides is 1. The highest BCUT2D eigenvalue weighted by molar-refractivity contribution is 6.21. The largest absolute Gasteiger partial charge is 0.362 e. The molecule has 0 amide bonds. The smallest absolute Gasteiger partial charge is 0.293 e. The molecule has 1 N–H and O–H groups in total. The van der Waals surface area contributed by atoms with Crippen LogP contribution in [0.2, 0.25) is 0 Å². The maximum Gasteiger partial charge on any atom is 0.293 e. The van der Waals surface area contributed by atoms with Gasteiger partial charge in [0.2, 0.25) is 0 Å². The number of aromatic nitrogens is 2. The maximum absolute atomic E-state index is 11.7. The molecule has 0 aliphatic heterocycles. The van der Waals surface area contributed by atoms with E-state index in [1.165, 1.54) is 4.57 Å². The van der Waals surface area contributed by atoms with E-state index in [-0.39, 0.29) is 22.4 Å². The Labute approximate surface area is 99.6 Å². The third kappa shape index (κ3) is 1.71. The second kappa shape index (κ2) is 3.77. The summed E-state index contributed by atoms with van der Waals surface area (Å²) in [6.07, 6.45) is 4.13. The van der Waals surface area contributed by atoms with Crippen LogP contribution < -0.4 is 10.9 Å². The van der Waals surface area contributed by atoms with Gasteiger partial charge in [-0.2, -0.15) is 0 Å². The lowest BCUT2D eigenvalue weighted by atomic mass is 9.67. The van der Waals surface area contributed by atoms with Crippen LogP contribution in [0.1, 0.15) is 20.3 Å². The first-order valence-electron chi connectivity index (χ1n) is 5.35. The molecule has 0 radical (unpaired) electrons. The summed E-state index contributed by atoms with van der Waals surface area (Å²) < 4.78 is 1.51. The molecule has 1 aromatic heterocycles. The molecule has 2 atom stereocenters. The summed E-state index contributed by atoms with van der Waals surface area (Å²) >= 11 is 6.13. The SMILES string of the molecule is Cn1ccnc(NC2CC(Cl)C2(C)C)c1=O. The van der Waals surface area contributed by atoms with E-state index in [0.717, 1.165) is 6.42 Å². The van der Waals surface area contributed by atoms with Gasteiger partial charge in [0.05, 0.1) is 0 Å². The Bertz CT molecular complexity index is 455. The fourth-order valence-electron chi connectivity index (χ4n) is 1.88. The minimum absolute atomic E-state index is 0.00406. The highest BCUT2D eigenvalue weighted by Gasteiger charge is 2.47. The lowest BCUT2D eigenvalue weighted by molar-refractivity contribution is 0.168. The molecule has 4 nitrogen and oxygen atoms in total. The molecular weight excluding hydrogens is 226 g/mol. The Morgan fingerprint density at radius 2 is 2.31 bits per heavy atom. The molecule has 0 saturated heterocycles. The number of aryl methyl sites for hydroxylation is 1. The Hall–Kier alpha value is -1.03. The van der Waals surface area contributed by atoms with Crippen LogP contribution in [-0.2, 0) is 7.05 Å². The molecule has 1 saturated carbocycles. The van der Waals surface area contributed by atoms with Crippen LogP contribution in [0, 0.1) is 5.41 Å². The van der Waals surface area contributed by atoms with E-state index in [9.17, 15) is 4.79 Å². The van der Waals surface area contributed by atoms with Crippen molar-refractivity contribution in [2.24, 2.45) is 12.5 Å². The van der Waals surface area contributed by atoms with Crippen molar-refractivity contribution in [3.8, 4) is 0 Å². The van der Waals surface area contributed by atoms with Crippen molar-refractivity contribution in [3.05, 3.63) is 22.7 Å². The number of nitrogens with one attached hydrogen (secondary N) is 1. The molecule has 0 bridgehead atoms. The molecule has 0 aromatic carbocycles. The standard InChI is InChI=1S/C11H16ClN3O/c1-11(2)7(12)6-8(11)14-9-10(16)15(3)5-4-13-9/h4-5,7-8H,6H2,1-3H3,(H,13,14). The van der Waals surface area contributed by atoms with Crippen molar-refractivity contribution in [2.75, 3.05) is 5.32 Å². The fourth-order valence-corrected chi connectivity index (χ4v) is 2.21. The van der Waals surface area contributed by atoms with Gasteiger partial charge in [-0.1, -0.05) is 13.8 Å². The normalized spacial score (nSPS) is 27.2. The van der Waals surface area contributed by atoms with Crippen LogP contribution in [-0.4, -0.2) is 21.0 Å². The molecule has 0 spiro atoms. The summed E-state index contributed by atoms with van der Waals surface area (Å²) in [5, 5.41) is 3.34. The highest BCUT2D eigenvalue weighted by atomic mass is 35.5. The minimum Gasteiger partial charge on any atom is -0.362 e. The summed E-state index contributed by atoms with van der Waals surface area (Å²) in [4.78, 5) is 15.8. The molecule has 2 unspecified atom stereocenters. The average molecular weight is 242 g/mol. The first kappa shape index (κ1) is 11.5. The highest BCUT2D eigenvalue weighted by Crippen LogP contribution is 2.45. The van der Waals surface area contributed by atoms with Gasteiger partial charge in [-0.15, -0.1) is 11.6 Å².